The molecule has 0 bridgehead atoms. The average molecular weight is 437 g/mol. The van der Waals surface area contributed by atoms with Gasteiger partial charge in [0.05, 0.1) is 22.9 Å². The lowest BCUT2D eigenvalue weighted by molar-refractivity contribution is -0.0509. The Morgan fingerprint density at radius 3 is 2.73 bits per heavy atom. The zero-order valence-corrected chi connectivity index (χ0v) is 16.1. The van der Waals surface area contributed by atoms with Gasteiger partial charge in [-0.25, -0.2) is 19.7 Å². The van der Waals surface area contributed by atoms with Crippen LogP contribution in [0.4, 0.5) is 9.70 Å². The van der Waals surface area contributed by atoms with Crippen molar-refractivity contribution in [3.8, 4) is 0 Å². The van der Waals surface area contributed by atoms with Crippen LogP contribution in [0, 0.1) is 0 Å². The minimum absolute atomic E-state index is 0.0271. The lowest BCUT2D eigenvalue weighted by Gasteiger charge is -2.16. The molecule has 0 saturated carbocycles. The number of nitrogen functional groups attached to an aromatic ring is 1. The summed E-state index contributed by atoms with van der Waals surface area (Å²) in [5.41, 5.74) is 6.64. The van der Waals surface area contributed by atoms with E-state index in [2.05, 4.69) is 15.0 Å². The lowest BCUT2D eigenvalue weighted by atomic mass is 10.2. The molecule has 30 heavy (non-hydrogen) atoms. The smallest absolute Gasteiger partial charge is 0.338 e. The Morgan fingerprint density at radius 1 is 1.30 bits per heavy atom. The molecule has 1 aromatic carbocycles. The van der Waals surface area contributed by atoms with E-state index in [1.807, 2.05) is 0 Å². The number of rotatable bonds is 5. The highest BCUT2D eigenvalue weighted by Crippen LogP contribution is 2.31. The van der Waals surface area contributed by atoms with Crippen LogP contribution in [0.3, 0.4) is 0 Å². The Kier molecular flexibility index (Phi) is 5.09. The van der Waals surface area contributed by atoms with Crippen molar-refractivity contribution in [2.45, 2.75) is 29.8 Å². The molecule has 4 rings (SSSR count). The third kappa shape index (κ3) is 3.81. The van der Waals surface area contributed by atoms with E-state index in [1.165, 1.54) is 12.7 Å². The van der Waals surface area contributed by atoms with Crippen LogP contribution in [-0.4, -0.2) is 57.8 Å². The van der Waals surface area contributed by atoms with Gasteiger partial charge in [-0.1, -0.05) is 0 Å². The molecule has 158 valence electrons. The van der Waals surface area contributed by atoms with Crippen LogP contribution in [0.5, 0.6) is 0 Å². The number of aliphatic hydroxyl groups is 1. The van der Waals surface area contributed by atoms with Gasteiger partial charge < -0.3 is 20.3 Å². The van der Waals surface area contributed by atoms with Crippen LogP contribution in [0.2, 0.25) is 0 Å². The molecule has 0 aliphatic carbocycles. The molecule has 0 spiro atoms. The molecule has 1 aliphatic heterocycles. The number of esters is 1. The molecule has 2 aromatic heterocycles. The number of hydrogen-bond donors (Lipinski definition) is 2. The standard InChI is InChI=1S/C17H16FN5O6S/c18-30(26,27)10-3-1-9(2-4-10)17(25)28-6-12-11(24)5-13(29-12)23-8-22-14-15(19)20-7-21-16(14)23/h1-4,7-8,11-13,24H,5-6H2,(H2,19,20,21)/t11-,12+,13+/m0/s1. The minimum atomic E-state index is -4.85. The Morgan fingerprint density at radius 2 is 2.03 bits per heavy atom. The molecular formula is C17H16FN5O6S. The normalized spacial score (nSPS) is 21.7. The molecule has 1 aliphatic rings. The van der Waals surface area contributed by atoms with Gasteiger partial charge in [0.2, 0.25) is 0 Å². The fourth-order valence-electron chi connectivity index (χ4n) is 3.11. The van der Waals surface area contributed by atoms with Crippen molar-refractivity contribution >= 4 is 33.2 Å². The van der Waals surface area contributed by atoms with Crippen LogP contribution in [0.25, 0.3) is 11.2 Å². The van der Waals surface area contributed by atoms with E-state index in [9.17, 15) is 22.2 Å². The maximum atomic E-state index is 12.9. The highest BCUT2D eigenvalue weighted by atomic mass is 32.3. The van der Waals surface area contributed by atoms with Crippen LogP contribution < -0.4 is 5.73 Å². The average Bonchev–Trinajstić information content (AvgIpc) is 3.30. The molecule has 11 nitrogen and oxygen atoms in total. The van der Waals surface area contributed by atoms with E-state index in [1.54, 1.807) is 4.57 Å². The number of fused-ring (bicyclic) bond motifs is 1. The van der Waals surface area contributed by atoms with Gasteiger partial charge in [0.1, 0.15) is 30.8 Å². The number of nitrogens with two attached hydrogens (primary N) is 1. The van der Waals surface area contributed by atoms with Gasteiger partial charge in [-0.05, 0) is 24.3 Å². The molecular weight excluding hydrogens is 421 g/mol. The van der Waals surface area contributed by atoms with Gasteiger partial charge in [-0.15, -0.1) is 3.89 Å². The summed E-state index contributed by atoms with van der Waals surface area (Å²) >= 11 is 0. The van der Waals surface area contributed by atoms with Gasteiger partial charge in [0.15, 0.2) is 11.5 Å². The summed E-state index contributed by atoms with van der Waals surface area (Å²) in [4.78, 5) is 23.7. The number of aromatic nitrogens is 4. The van der Waals surface area contributed by atoms with Crippen LogP contribution in [0.15, 0.2) is 41.8 Å². The molecule has 0 amide bonds. The Hall–Kier alpha value is -3.16. The van der Waals surface area contributed by atoms with Gasteiger partial charge >= 0.3 is 16.2 Å². The maximum absolute atomic E-state index is 12.9. The zero-order chi connectivity index (χ0) is 21.5. The number of nitrogens with zero attached hydrogens (tertiary/aromatic N) is 4. The molecule has 3 atom stereocenters. The molecule has 1 saturated heterocycles. The first-order valence-corrected chi connectivity index (χ1v) is 10.1. The Bertz CT molecular complexity index is 1200. The number of hydrogen-bond acceptors (Lipinski definition) is 10. The molecule has 0 unspecified atom stereocenters. The highest BCUT2D eigenvalue weighted by molar-refractivity contribution is 7.86. The number of carbonyl (C=O) groups is 1. The summed E-state index contributed by atoms with van der Waals surface area (Å²) in [5, 5.41) is 10.3. The monoisotopic (exact) mass is 437 g/mol. The third-order valence-electron chi connectivity index (χ3n) is 4.65. The lowest BCUT2D eigenvalue weighted by Crippen LogP contribution is -2.28. The SMILES string of the molecule is Nc1ncnc2c1ncn2[C@H]1C[C@H](O)[C@@H](COC(=O)c2ccc(S(=O)(=O)F)cc2)O1. The number of carbonyl (C=O) groups excluding carboxylic acids is 1. The van der Waals surface area contributed by atoms with Crippen LogP contribution >= 0.6 is 0 Å². The van der Waals surface area contributed by atoms with E-state index < -0.39 is 39.5 Å². The summed E-state index contributed by atoms with van der Waals surface area (Å²) in [6.45, 7) is -0.247. The molecule has 1 fully saturated rings. The fraction of sp³-hybridized carbons (Fsp3) is 0.294. The molecule has 3 N–H and O–H groups in total. The molecule has 3 heterocycles. The summed E-state index contributed by atoms with van der Waals surface area (Å²) in [6, 6.07) is 4.18. The third-order valence-corrected chi connectivity index (χ3v) is 5.49. The van der Waals surface area contributed by atoms with Crippen molar-refractivity contribution in [3.63, 3.8) is 0 Å². The van der Waals surface area contributed by atoms with Crippen LogP contribution in [-0.2, 0) is 19.7 Å². The minimum Gasteiger partial charge on any atom is -0.459 e. The summed E-state index contributed by atoms with van der Waals surface area (Å²) < 4.78 is 47.1. The van der Waals surface area contributed by atoms with Gasteiger partial charge in [-0.2, -0.15) is 8.42 Å². The summed E-state index contributed by atoms with van der Waals surface area (Å²) in [5.74, 6) is -0.556. The van der Waals surface area contributed by atoms with E-state index in [0.717, 1.165) is 24.3 Å². The number of benzene rings is 1. The van der Waals surface area contributed by atoms with Crippen molar-refractivity contribution in [3.05, 3.63) is 42.5 Å². The Labute approximate surface area is 169 Å². The van der Waals surface area contributed by atoms with Crippen LogP contribution in [0.1, 0.15) is 23.0 Å². The number of imidazole rings is 1. The van der Waals surface area contributed by atoms with Gasteiger partial charge in [0, 0.05) is 6.42 Å². The Balaban J connectivity index is 1.41. The van der Waals surface area contributed by atoms with E-state index in [0.29, 0.717) is 11.2 Å². The second kappa shape index (κ2) is 7.59. The van der Waals surface area contributed by atoms with E-state index >= 15 is 0 Å². The fourth-order valence-corrected chi connectivity index (χ4v) is 3.57. The predicted molar refractivity (Wildman–Crippen MR) is 99.3 cm³/mol. The number of anilines is 1. The van der Waals surface area contributed by atoms with E-state index in [4.69, 9.17) is 15.2 Å². The quantitative estimate of drug-likeness (QED) is 0.427. The van der Waals surface area contributed by atoms with Crippen molar-refractivity contribution < 1.29 is 31.7 Å². The van der Waals surface area contributed by atoms with Crippen molar-refractivity contribution in [1.82, 2.24) is 19.5 Å². The maximum Gasteiger partial charge on any atom is 0.338 e. The van der Waals surface area contributed by atoms with E-state index in [-0.39, 0.29) is 24.4 Å². The topological polar surface area (TPSA) is 160 Å². The highest BCUT2D eigenvalue weighted by Gasteiger charge is 2.36. The van der Waals surface area contributed by atoms with Crippen molar-refractivity contribution in [1.29, 1.82) is 0 Å². The zero-order valence-electron chi connectivity index (χ0n) is 15.3. The van der Waals surface area contributed by atoms with Gasteiger partial charge in [0.25, 0.3) is 0 Å². The number of ether oxygens (including phenoxy) is 2. The largest absolute Gasteiger partial charge is 0.459 e. The van der Waals surface area contributed by atoms with Crippen molar-refractivity contribution in [2.75, 3.05) is 12.3 Å². The molecule has 13 heteroatoms. The first-order valence-electron chi connectivity index (χ1n) is 8.72. The second-order valence-corrected chi connectivity index (χ2v) is 7.92. The summed E-state index contributed by atoms with van der Waals surface area (Å²) in [7, 11) is -4.85. The summed E-state index contributed by atoms with van der Waals surface area (Å²) in [6.07, 6.45) is 0.652. The first kappa shape index (κ1) is 20.1. The first-order chi connectivity index (χ1) is 14.2. The van der Waals surface area contributed by atoms with Crippen molar-refractivity contribution in [2.24, 2.45) is 0 Å². The predicted octanol–water partition coefficient (Wildman–Crippen LogP) is 0.572. The van der Waals surface area contributed by atoms with Gasteiger partial charge in [-0.3, -0.25) is 4.57 Å². The number of aliphatic hydroxyl groups excluding tert-OH is 1. The molecule has 3 aromatic rings. The molecule has 0 radical (unpaired) electrons. The second-order valence-electron chi connectivity index (χ2n) is 6.58. The number of halogens is 1.